The molecule has 1 aromatic carbocycles. The Bertz CT molecular complexity index is 739. The molecule has 5 N–H and O–H groups in total. The Hall–Kier alpha value is -1.40. The molecule has 1 aliphatic rings. The third-order valence-electron chi connectivity index (χ3n) is 3.19. The molecular weight excluding hydrogens is 320 g/mol. The highest BCUT2D eigenvalue weighted by Crippen LogP contribution is 2.25. The highest BCUT2D eigenvalue weighted by atomic mass is 32.2. The van der Waals surface area contributed by atoms with Gasteiger partial charge in [0.1, 0.15) is 5.75 Å². The van der Waals surface area contributed by atoms with Crippen LogP contribution in [-0.4, -0.2) is 56.7 Å². The molecule has 1 aromatic rings. The van der Waals surface area contributed by atoms with Crippen LogP contribution in [0.3, 0.4) is 0 Å². The maximum atomic E-state index is 12.4. The Morgan fingerprint density at radius 3 is 2.00 bits per heavy atom. The van der Waals surface area contributed by atoms with Crippen molar-refractivity contribution >= 4 is 25.9 Å². The van der Waals surface area contributed by atoms with Crippen LogP contribution in [0, 0.1) is 0 Å². The number of aromatic hydroxyl groups is 1. The maximum Gasteiger partial charge on any atom is 0.276 e. The maximum absolute atomic E-state index is 12.4. The molecule has 2 rings (SSSR count). The molecular formula is C10H16N4O5S2. The number of sulfonamides is 1. The van der Waals surface area contributed by atoms with Crippen LogP contribution in [0.25, 0.3) is 0 Å². The Morgan fingerprint density at radius 2 is 1.52 bits per heavy atom. The Balaban J connectivity index is 2.20. The lowest BCUT2D eigenvalue weighted by molar-refractivity contribution is 0.273. The summed E-state index contributed by atoms with van der Waals surface area (Å²) >= 11 is 0. The minimum Gasteiger partial charge on any atom is -0.506 e. The topological polar surface area (TPSA) is 147 Å². The van der Waals surface area contributed by atoms with Crippen molar-refractivity contribution in [1.29, 1.82) is 0 Å². The average molecular weight is 336 g/mol. The summed E-state index contributed by atoms with van der Waals surface area (Å²) in [6.45, 7) is -0.0175. The van der Waals surface area contributed by atoms with Gasteiger partial charge in [-0.05, 0) is 18.2 Å². The van der Waals surface area contributed by atoms with E-state index in [2.05, 4.69) is 0 Å². The highest BCUT2D eigenvalue weighted by molar-refractivity contribution is 7.89. The molecule has 1 saturated heterocycles. The normalized spacial score (nSPS) is 18.7. The zero-order valence-electron chi connectivity index (χ0n) is 11.0. The van der Waals surface area contributed by atoms with Gasteiger partial charge < -0.3 is 10.8 Å². The summed E-state index contributed by atoms with van der Waals surface area (Å²) in [6, 6.07) is 3.60. The van der Waals surface area contributed by atoms with Crippen LogP contribution in [-0.2, 0) is 20.2 Å². The average Bonchev–Trinajstić information content (AvgIpc) is 2.41. The first-order chi connectivity index (χ1) is 9.62. The molecule has 0 aliphatic carbocycles. The number of nitrogens with two attached hydrogens (primary N) is 2. The van der Waals surface area contributed by atoms with Crippen molar-refractivity contribution < 1.29 is 21.9 Å². The number of hydrogen-bond acceptors (Lipinski definition) is 6. The molecule has 0 unspecified atom stereocenters. The number of piperazine rings is 1. The minimum absolute atomic E-state index is 0.000452. The van der Waals surface area contributed by atoms with E-state index in [1.54, 1.807) is 0 Å². The summed E-state index contributed by atoms with van der Waals surface area (Å²) < 4.78 is 49.3. The fourth-order valence-corrected chi connectivity index (χ4v) is 4.14. The first-order valence-corrected chi connectivity index (χ1v) is 8.93. The van der Waals surface area contributed by atoms with E-state index in [-0.39, 0.29) is 42.5 Å². The van der Waals surface area contributed by atoms with Crippen LogP contribution in [0.1, 0.15) is 0 Å². The van der Waals surface area contributed by atoms with Crippen molar-refractivity contribution in [1.82, 2.24) is 8.61 Å². The zero-order valence-corrected chi connectivity index (χ0v) is 12.6. The SMILES string of the molecule is Nc1cc(S(=O)(=O)N2CCN(S(N)(=O)=O)CC2)ccc1O. The Labute approximate surface area is 123 Å². The highest BCUT2D eigenvalue weighted by Gasteiger charge is 2.31. The molecule has 0 bridgehead atoms. The second-order valence-electron chi connectivity index (χ2n) is 4.57. The Kier molecular flexibility index (Phi) is 4.13. The minimum atomic E-state index is -3.81. The molecule has 0 aromatic heterocycles. The summed E-state index contributed by atoms with van der Waals surface area (Å²) in [5.41, 5.74) is 5.45. The quantitative estimate of drug-likeness (QED) is 0.451. The molecule has 118 valence electrons. The third kappa shape index (κ3) is 3.27. The van der Waals surface area contributed by atoms with Crippen LogP contribution in [0.2, 0.25) is 0 Å². The number of nitrogens with zero attached hydrogens (tertiary/aromatic N) is 2. The molecule has 9 nitrogen and oxygen atoms in total. The van der Waals surface area contributed by atoms with Crippen LogP contribution < -0.4 is 10.9 Å². The molecule has 1 fully saturated rings. The number of nitrogen functional groups attached to an aromatic ring is 1. The number of hydrogen-bond donors (Lipinski definition) is 3. The van der Waals surface area contributed by atoms with Gasteiger partial charge in [0.15, 0.2) is 0 Å². The first kappa shape index (κ1) is 16.0. The zero-order chi connectivity index (χ0) is 15.8. The standard InChI is InChI=1S/C10H16N4O5S2/c11-9-7-8(1-2-10(9)15)20(16,17)13-3-5-14(6-4-13)21(12,18)19/h1-2,7,15H,3-6,11H2,(H2,12,18,19). The second kappa shape index (κ2) is 5.42. The van der Waals surface area contributed by atoms with Gasteiger partial charge >= 0.3 is 0 Å². The van der Waals surface area contributed by atoms with Crippen LogP contribution in [0.15, 0.2) is 23.1 Å². The molecule has 0 spiro atoms. The van der Waals surface area contributed by atoms with Crippen molar-refractivity contribution in [2.75, 3.05) is 31.9 Å². The molecule has 0 atom stereocenters. The van der Waals surface area contributed by atoms with E-state index >= 15 is 0 Å². The van der Waals surface area contributed by atoms with Gasteiger partial charge in [-0.2, -0.15) is 17.0 Å². The van der Waals surface area contributed by atoms with Gasteiger partial charge in [0.2, 0.25) is 10.0 Å². The Morgan fingerprint density at radius 1 is 1.00 bits per heavy atom. The van der Waals surface area contributed by atoms with Gasteiger partial charge in [-0.3, -0.25) is 0 Å². The van der Waals surface area contributed by atoms with Crippen molar-refractivity contribution in [2.24, 2.45) is 5.14 Å². The lowest BCUT2D eigenvalue weighted by atomic mass is 10.3. The first-order valence-electron chi connectivity index (χ1n) is 5.99. The molecule has 0 radical (unpaired) electrons. The summed E-state index contributed by atoms with van der Waals surface area (Å²) in [6.07, 6.45) is 0. The molecule has 1 aliphatic heterocycles. The van der Waals surface area contributed by atoms with Crippen LogP contribution in [0.5, 0.6) is 5.75 Å². The van der Waals surface area contributed by atoms with E-state index < -0.39 is 20.2 Å². The largest absolute Gasteiger partial charge is 0.506 e. The monoisotopic (exact) mass is 336 g/mol. The van der Waals surface area contributed by atoms with Crippen LogP contribution in [0.4, 0.5) is 5.69 Å². The van der Waals surface area contributed by atoms with E-state index in [1.807, 2.05) is 0 Å². The smallest absolute Gasteiger partial charge is 0.276 e. The van der Waals surface area contributed by atoms with Gasteiger partial charge in [0.05, 0.1) is 10.6 Å². The van der Waals surface area contributed by atoms with E-state index in [1.165, 1.54) is 12.1 Å². The van der Waals surface area contributed by atoms with Gasteiger partial charge in [-0.15, -0.1) is 0 Å². The lowest BCUT2D eigenvalue weighted by Gasteiger charge is -2.32. The molecule has 0 saturated carbocycles. The number of benzene rings is 1. The number of phenolic OH excluding ortho intramolecular Hbond substituents is 1. The van der Waals surface area contributed by atoms with Gasteiger partial charge in [-0.25, -0.2) is 13.6 Å². The number of anilines is 1. The fourth-order valence-electron chi connectivity index (χ4n) is 2.01. The summed E-state index contributed by atoms with van der Waals surface area (Å²) in [5.74, 6) is -0.201. The summed E-state index contributed by atoms with van der Waals surface area (Å²) in [7, 11) is -7.60. The van der Waals surface area contributed by atoms with Crippen molar-refractivity contribution in [2.45, 2.75) is 4.90 Å². The molecule has 1 heterocycles. The summed E-state index contributed by atoms with van der Waals surface area (Å²) in [5, 5.41) is 14.3. The molecule has 0 amide bonds. The van der Waals surface area contributed by atoms with E-state index in [0.717, 1.165) is 14.7 Å². The van der Waals surface area contributed by atoms with Gasteiger partial charge in [-0.1, -0.05) is 0 Å². The predicted octanol–water partition coefficient (Wildman–Crippen LogP) is -1.52. The number of phenols is 1. The van der Waals surface area contributed by atoms with E-state index in [0.29, 0.717) is 0 Å². The van der Waals surface area contributed by atoms with Crippen molar-refractivity contribution in [3.63, 3.8) is 0 Å². The van der Waals surface area contributed by atoms with Crippen LogP contribution >= 0.6 is 0 Å². The lowest BCUT2D eigenvalue weighted by Crippen LogP contribution is -2.52. The predicted molar refractivity (Wildman–Crippen MR) is 76.0 cm³/mol. The van der Waals surface area contributed by atoms with Crippen molar-refractivity contribution in [3.8, 4) is 5.75 Å². The second-order valence-corrected chi connectivity index (χ2v) is 8.05. The third-order valence-corrected chi connectivity index (χ3v) is 6.17. The van der Waals surface area contributed by atoms with E-state index in [9.17, 15) is 21.9 Å². The number of rotatable bonds is 3. The molecule has 21 heavy (non-hydrogen) atoms. The van der Waals surface area contributed by atoms with E-state index in [4.69, 9.17) is 10.9 Å². The van der Waals surface area contributed by atoms with Gasteiger partial charge in [0, 0.05) is 26.2 Å². The van der Waals surface area contributed by atoms with Gasteiger partial charge in [0.25, 0.3) is 10.2 Å². The summed E-state index contributed by atoms with van der Waals surface area (Å²) in [4.78, 5) is -0.0538. The molecule has 11 heteroatoms. The fraction of sp³-hybridized carbons (Fsp3) is 0.400. The van der Waals surface area contributed by atoms with Crippen molar-refractivity contribution in [3.05, 3.63) is 18.2 Å².